The molecular formula is C15H24N4O. The van der Waals surface area contributed by atoms with Crippen molar-refractivity contribution in [1.82, 2.24) is 15.5 Å². The summed E-state index contributed by atoms with van der Waals surface area (Å²) in [7, 11) is 0. The van der Waals surface area contributed by atoms with E-state index in [1.54, 1.807) is 0 Å². The molecular weight excluding hydrogens is 252 g/mol. The second kappa shape index (κ2) is 7.99. The fraction of sp³-hybridized carbons (Fsp3) is 0.533. The van der Waals surface area contributed by atoms with Crippen LogP contribution in [0.2, 0.25) is 0 Å². The van der Waals surface area contributed by atoms with Crippen molar-refractivity contribution in [2.24, 2.45) is 5.73 Å². The molecule has 1 aromatic carbocycles. The van der Waals surface area contributed by atoms with Crippen molar-refractivity contribution in [3.8, 4) is 0 Å². The van der Waals surface area contributed by atoms with Gasteiger partial charge in [-0.2, -0.15) is 0 Å². The van der Waals surface area contributed by atoms with Crippen molar-refractivity contribution in [1.29, 1.82) is 0 Å². The van der Waals surface area contributed by atoms with Crippen LogP contribution in [0.15, 0.2) is 30.3 Å². The summed E-state index contributed by atoms with van der Waals surface area (Å²) in [4.78, 5) is 14.3. The Morgan fingerprint density at radius 2 is 1.70 bits per heavy atom. The van der Waals surface area contributed by atoms with Crippen molar-refractivity contribution in [2.75, 3.05) is 39.3 Å². The monoisotopic (exact) mass is 276 g/mol. The number of hydrogen-bond donors (Lipinski definition) is 3. The number of benzene rings is 1. The molecule has 0 saturated carbocycles. The number of rotatable bonds is 3. The molecule has 1 saturated heterocycles. The van der Waals surface area contributed by atoms with Crippen molar-refractivity contribution in [2.45, 2.75) is 12.5 Å². The summed E-state index contributed by atoms with van der Waals surface area (Å²) in [6.07, 6.45) is 0.594. The van der Waals surface area contributed by atoms with Gasteiger partial charge >= 0.3 is 0 Å². The lowest BCUT2D eigenvalue weighted by atomic mass is 10.1. The number of nitrogens with zero attached hydrogens (tertiary/aromatic N) is 1. The molecule has 0 bridgehead atoms. The maximum atomic E-state index is 12.4. The van der Waals surface area contributed by atoms with Gasteiger partial charge in [0.15, 0.2) is 0 Å². The molecule has 20 heavy (non-hydrogen) atoms. The molecule has 1 heterocycles. The highest BCUT2D eigenvalue weighted by atomic mass is 16.2. The number of nitrogens with one attached hydrogen (secondary N) is 2. The first-order chi connectivity index (χ1) is 9.77. The Hall–Kier alpha value is -1.43. The molecule has 0 spiro atoms. The molecule has 110 valence electrons. The molecule has 4 N–H and O–H groups in total. The van der Waals surface area contributed by atoms with Gasteiger partial charge < -0.3 is 21.3 Å². The van der Waals surface area contributed by atoms with E-state index in [0.29, 0.717) is 6.42 Å². The lowest BCUT2D eigenvalue weighted by molar-refractivity contribution is -0.132. The first-order valence-corrected chi connectivity index (χ1v) is 7.27. The first-order valence-electron chi connectivity index (χ1n) is 7.27. The van der Waals surface area contributed by atoms with Crippen LogP contribution in [0.1, 0.15) is 5.56 Å². The predicted octanol–water partition coefficient (Wildman–Crippen LogP) is -0.422. The van der Waals surface area contributed by atoms with Crippen LogP contribution in [-0.2, 0) is 11.2 Å². The van der Waals surface area contributed by atoms with E-state index in [4.69, 9.17) is 5.73 Å². The van der Waals surface area contributed by atoms with Crippen LogP contribution in [0, 0.1) is 0 Å². The highest BCUT2D eigenvalue weighted by Gasteiger charge is 2.21. The smallest absolute Gasteiger partial charge is 0.239 e. The predicted molar refractivity (Wildman–Crippen MR) is 80.4 cm³/mol. The molecule has 0 radical (unpaired) electrons. The summed E-state index contributed by atoms with van der Waals surface area (Å²) in [5.74, 6) is 0.0411. The van der Waals surface area contributed by atoms with Crippen molar-refractivity contribution < 1.29 is 4.79 Å². The molecule has 0 aromatic heterocycles. The topological polar surface area (TPSA) is 70.4 Å². The van der Waals surface area contributed by atoms with E-state index in [-0.39, 0.29) is 5.91 Å². The Bertz CT molecular complexity index is 400. The van der Waals surface area contributed by atoms with Crippen molar-refractivity contribution >= 4 is 5.91 Å². The second-order valence-electron chi connectivity index (χ2n) is 5.12. The van der Waals surface area contributed by atoms with E-state index < -0.39 is 6.04 Å². The molecule has 5 nitrogen and oxygen atoms in total. The van der Waals surface area contributed by atoms with E-state index in [9.17, 15) is 4.79 Å². The number of carbonyl (C=O) groups excluding carboxylic acids is 1. The van der Waals surface area contributed by atoms with Crippen molar-refractivity contribution in [3.05, 3.63) is 35.9 Å². The molecule has 1 aromatic rings. The van der Waals surface area contributed by atoms with Crippen LogP contribution in [-0.4, -0.2) is 56.1 Å². The van der Waals surface area contributed by atoms with Crippen LogP contribution >= 0.6 is 0 Å². The summed E-state index contributed by atoms with van der Waals surface area (Å²) in [6, 6.07) is 9.47. The summed E-state index contributed by atoms with van der Waals surface area (Å²) in [5.41, 5.74) is 7.18. The van der Waals surface area contributed by atoms with Gasteiger partial charge in [-0.25, -0.2) is 0 Å². The van der Waals surface area contributed by atoms with Crippen LogP contribution in [0.4, 0.5) is 0 Å². The Labute approximate surface area is 120 Å². The maximum absolute atomic E-state index is 12.4. The third kappa shape index (κ3) is 4.59. The zero-order valence-corrected chi connectivity index (χ0v) is 11.8. The molecule has 1 fully saturated rings. The molecule has 1 atom stereocenters. The van der Waals surface area contributed by atoms with Crippen LogP contribution < -0.4 is 16.4 Å². The lowest BCUT2D eigenvalue weighted by Gasteiger charge is -2.25. The van der Waals surface area contributed by atoms with E-state index in [0.717, 1.165) is 44.8 Å². The van der Waals surface area contributed by atoms with Crippen molar-refractivity contribution in [3.63, 3.8) is 0 Å². The van der Waals surface area contributed by atoms with E-state index in [1.165, 1.54) is 0 Å². The number of carbonyl (C=O) groups is 1. The average Bonchev–Trinajstić information content (AvgIpc) is 2.61. The largest absolute Gasteiger partial charge is 0.339 e. The third-order valence-electron chi connectivity index (χ3n) is 3.52. The average molecular weight is 276 g/mol. The highest BCUT2D eigenvalue weighted by Crippen LogP contribution is 2.04. The zero-order valence-electron chi connectivity index (χ0n) is 11.8. The highest BCUT2D eigenvalue weighted by molar-refractivity contribution is 5.82. The van der Waals surface area contributed by atoms with Gasteiger partial charge in [0.25, 0.3) is 0 Å². The number of amides is 1. The molecule has 1 amide bonds. The molecule has 5 heteroatoms. The normalized spacial score (nSPS) is 18.8. The lowest BCUT2D eigenvalue weighted by Crippen LogP contribution is -2.48. The fourth-order valence-corrected chi connectivity index (χ4v) is 2.38. The molecule has 0 unspecified atom stereocenters. The van der Waals surface area contributed by atoms with Gasteiger partial charge in [-0.05, 0) is 12.0 Å². The fourth-order valence-electron chi connectivity index (χ4n) is 2.38. The Kier molecular flexibility index (Phi) is 5.98. The van der Waals surface area contributed by atoms with Gasteiger partial charge in [-0.1, -0.05) is 30.3 Å². The standard InChI is InChI=1S/C15H24N4O/c16-14(12-13-4-2-1-3-5-13)15(20)19-10-8-17-6-7-18-9-11-19/h1-5,14,17-18H,6-12,16H2/t14-/m0/s1. The zero-order chi connectivity index (χ0) is 14.2. The SMILES string of the molecule is N[C@@H](Cc1ccccc1)C(=O)N1CCNCCNCC1. The Morgan fingerprint density at radius 1 is 1.10 bits per heavy atom. The Balaban J connectivity index is 1.90. The summed E-state index contributed by atoms with van der Waals surface area (Å²) in [6.45, 7) is 4.99. The summed E-state index contributed by atoms with van der Waals surface area (Å²) in [5, 5.41) is 6.61. The van der Waals surface area contributed by atoms with Crippen LogP contribution in [0.3, 0.4) is 0 Å². The van der Waals surface area contributed by atoms with Crippen LogP contribution in [0.25, 0.3) is 0 Å². The number of nitrogens with two attached hydrogens (primary N) is 1. The quantitative estimate of drug-likeness (QED) is 0.701. The molecule has 1 aliphatic rings. The number of hydrogen-bond acceptors (Lipinski definition) is 4. The minimum Gasteiger partial charge on any atom is -0.339 e. The summed E-state index contributed by atoms with van der Waals surface area (Å²) < 4.78 is 0. The summed E-state index contributed by atoms with van der Waals surface area (Å²) >= 11 is 0. The minimum absolute atomic E-state index is 0.0411. The maximum Gasteiger partial charge on any atom is 0.239 e. The first kappa shape index (κ1) is 15.0. The Morgan fingerprint density at radius 3 is 2.30 bits per heavy atom. The van der Waals surface area contributed by atoms with E-state index in [1.807, 2.05) is 35.2 Å². The van der Waals surface area contributed by atoms with Gasteiger partial charge in [-0.3, -0.25) is 4.79 Å². The second-order valence-corrected chi connectivity index (χ2v) is 5.12. The molecule has 0 aliphatic carbocycles. The van der Waals surface area contributed by atoms with E-state index >= 15 is 0 Å². The van der Waals surface area contributed by atoms with Gasteiger partial charge in [0.1, 0.15) is 0 Å². The minimum atomic E-state index is -0.460. The molecule has 2 rings (SSSR count). The van der Waals surface area contributed by atoms with E-state index in [2.05, 4.69) is 10.6 Å². The van der Waals surface area contributed by atoms with Gasteiger partial charge in [0.05, 0.1) is 6.04 Å². The van der Waals surface area contributed by atoms with Crippen LogP contribution in [0.5, 0.6) is 0 Å². The third-order valence-corrected chi connectivity index (χ3v) is 3.52. The van der Waals surface area contributed by atoms with Gasteiger partial charge in [-0.15, -0.1) is 0 Å². The van der Waals surface area contributed by atoms with Gasteiger partial charge in [0, 0.05) is 39.3 Å². The molecule has 1 aliphatic heterocycles. The van der Waals surface area contributed by atoms with Gasteiger partial charge in [0.2, 0.25) is 5.91 Å².